The lowest BCUT2D eigenvalue weighted by atomic mass is 10.1. The van der Waals surface area contributed by atoms with Crippen LogP contribution in [-0.2, 0) is 16.1 Å². The van der Waals surface area contributed by atoms with E-state index in [1.54, 1.807) is 4.90 Å². The summed E-state index contributed by atoms with van der Waals surface area (Å²) >= 11 is 0. The SMILES string of the molecule is CC(=O)NC1CN(Cc2ccccc2)C1=O. The number of amides is 2. The Bertz CT molecular complexity index is 403. The zero-order valence-electron chi connectivity index (χ0n) is 9.14. The van der Waals surface area contributed by atoms with Crippen LogP contribution in [0.4, 0.5) is 0 Å². The molecule has 1 fully saturated rings. The highest BCUT2D eigenvalue weighted by molar-refractivity contribution is 5.91. The Morgan fingerprint density at radius 1 is 1.44 bits per heavy atom. The summed E-state index contributed by atoms with van der Waals surface area (Å²) in [5.74, 6) is -0.156. The quantitative estimate of drug-likeness (QED) is 0.752. The van der Waals surface area contributed by atoms with Crippen molar-refractivity contribution in [1.82, 2.24) is 10.2 Å². The van der Waals surface area contributed by atoms with Gasteiger partial charge in [-0.2, -0.15) is 0 Å². The van der Waals surface area contributed by atoms with Gasteiger partial charge in [-0.15, -0.1) is 0 Å². The van der Waals surface area contributed by atoms with Crippen LogP contribution in [0.5, 0.6) is 0 Å². The monoisotopic (exact) mass is 218 g/mol. The molecule has 1 saturated heterocycles. The number of carbonyl (C=O) groups excluding carboxylic acids is 2. The molecule has 0 radical (unpaired) electrons. The molecule has 1 atom stereocenters. The molecule has 1 heterocycles. The Kier molecular flexibility index (Phi) is 2.90. The lowest BCUT2D eigenvalue weighted by molar-refractivity contribution is -0.147. The van der Waals surface area contributed by atoms with Gasteiger partial charge in [0.15, 0.2) is 0 Å². The maximum absolute atomic E-state index is 11.6. The van der Waals surface area contributed by atoms with E-state index in [0.29, 0.717) is 13.1 Å². The summed E-state index contributed by atoms with van der Waals surface area (Å²) in [6, 6.07) is 9.50. The highest BCUT2D eigenvalue weighted by Crippen LogP contribution is 2.14. The molecule has 4 nitrogen and oxygen atoms in total. The standard InChI is InChI=1S/C12H14N2O2/c1-9(15)13-11-8-14(12(11)16)7-10-5-3-2-4-6-10/h2-6,11H,7-8H2,1H3,(H,13,15). The third kappa shape index (κ3) is 2.21. The topological polar surface area (TPSA) is 49.4 Å². The van der Waals surface area contributed by atoms with E-state index in [0.717, 1.165) is 5.56 Å². The molecule has 2 amide bonds. The first kappa shape index (κ1) is 10.7. The maximum atomic E-state index is 11.6. The predicted molar refractivity (Wildman–Crippen MR) is 59.5 cm³/mol. The van der Waals surface area contributed by atoms with Crippen molar-refractivity contribution >= 4 is 11.8 Å². The third-order valence-electron chi connectivity index (χ3n) is 2.61. The molecule has 0 bridgehead atoms. The van der Waals surface area contributed by atoms with Gasteiger partial charge in [0.1, 0.15) is 6.04 Å². The Balaban J connectivity index is 1.87. The van der Waals surface area contributed by atoms with Crippen LogP contribution in [0, 0.1) is 0 Å². The molecule has 0 saturated carbocycles. The van der Waals surface area contributed by atoms with E-state index in [1.807, 2.05) is 30.3 Å². The summed E-state index contributed by atoms with van der Waals surface area (Å²) in [4.78, 5) is 24.1. The third-order valence-corrected chi connectivity index (χ3v) is 2.61. The van der Waals surface area contributed by atoms with Crippen molar-refractivity contribution < 1.29 is 9.59 Å². The fraction of sp³-hybridized carbons (Fsp3) is 0.333. The van der Waals surface area contributed by atoms with Crippen LogP contribution in [0.1, 0.15) is 12.5 Å². The van der Waals surface area contributed by atoms with Crippen molar-refractivity contribution in [2.24, 2.45) is 0 Å². The summed E-state index contributed by atoms with van der Waals surface area (Å²) in [6.45, 7) is 2.65. The van der Waals surface area contributed by atoms with E-state index in [-0.39, 0.29) is 17.9 Å². The maximum Gasteiger partial charge on any atom is 0.247 e. The van der Waals surface area contributed by atoms with E-state index in [9.17, 15) is 9.59 Å². The zero-order valence-corrected chi connectivity index (χ0v) is 9.14. The smallest absolute Gasteiger partial charge is 0.247 e. The van der Waals surface area contributed by atoms with Crippen molar-refractivity contribution in [1.29, 1.82) is 0 Å². The minimum Gasteiger partial charge on any atom is -0.343 e. The van der Waals surface area contributed by atoms with Crippen molar-refractivity contribution in [3.05, 3.63) is 35.9 Å². The van der Waals surface area contributed by atoms with Gasteiger partial charge in [-0.25, -0.2) is 0 Å². The summed E-state index contributed by atoms with van der Waals surface area (Å²) in [7, 11) is 0. The number of benzene rings is 1. The number of hydrogen-bond acceptors (Lipinski definition) is 2. The first-order valence-corrected chi connectivity index (χ1v) is 5.26. The second kappa shape index (κ2) is 4.35. The molecule has 1 aliphatic heterocycles. The second-order valence-electron chi connectivity index (χ2n) is 3.96. The fourth-order valence-corrected chi connectivity index (χ4v) is 1.80. The number of carbonyl (C=O) groups is 2. The number of nitrogens with one attached hydrogen (secondary N) is 1. The fourth-order valence-electron chi connectivity index (χ4n) is 1.80. The van der Waals surface area contributed by atoms with Crippen molar-refractivity contribution in [2.75, 3.05) is 6.54 Å². The molecule has 4 heteroatoms. The van der Waals surface area contributed by atoms with Gasteiger partial charge >= 0.3 is 0 Å². The molecule has 1 aliphatic rings. The molecule has 0 aromatic heterocycles. The molecule has 1 unspecified atom stereocenters. The molecular weight excluding hydrogens is 204 g/mol. The van der Waals surface area contributed by atoms with Gasteiger partial charge in [-0.05, 0) is 5.56 Å². The summed E-state index contributed by atoms with van der Waals surface area (Å²) in [5.41, 5.74) is 1.11. The predicted octanol–water partition coefficient (Wildman–Crippen LogP) is 0.533. The Morgan fingerprint density at radius 3 is 2.69 bits per heavy atom. The molecule has 1 aromatic rings. The minimum atomic E-state index is -0.318. The van der Waals surface area contributed by atoms with Crippen molar-refractivity contribution in [3.8, 4) is 0 Å². The van der Waals surface area contributed by atoms with Crippen LogP contribution < -0.4 is 5.32 Å². The molecule has 0 spiro atoms. The Labute approximate surface area is 94.2 Å². The highest BCUT2D eigenvalue weighted by atomic mass is 16.2. The van der Waals surface area contributed by atoms with Crippen LogP contribution in [-0.4, -0.2) is 29.3 Å². The first-order valence-electron chi connectivity index (χ1n) is 5.26. The van der Waals surface area contributed by atoms with Crippen molar-refractivity contribution in [2.45, 2.75) is 19.5 Å². The van der Waals surface area contributed by atoms with Gasteiger partial charge in [-0.1, -0.05) is 30.3 Å². The second-order valence-corrected chi connectivity index (χ2v) is 3.96. The van der Waals surface area contributed by atoms with Crippen molar-refractivity contribution in [3.63, 3.8) is 0 Å². The molecule has 84 valence electrons. The minimum absolute atomic E-state index is 0.000877. The van der Waals surface area contributed by atoms with Gasteiger partial charge in [0.2, 0.25) is 11.8 Å². The number of hydrogen-bond donors (Lipinski definition) is 1. The van der Waals surface area contributed by atoms with E-state index < -0.39 is 0 Å². The summed E-state index contributed by atoms with van der Waals surface area (Å²) in [6.07, 6.45) is 0. The zero-order chi connectivity index (χ0) is 11.5. The average molecular weight is 218 g/mol. The van der Waals surface area contributed by atoms with Crippen LogP contribution in [0.25, 0.3) is 0 Å². The molecule has 0 aliphatic carbocycles. The van der Waals surface area contributed by atoms with Gasteiger partial charge in [0.05, 0.1) is 6.54 Å². The van der Waals surface area contributed by atoms with Gasteiger partial charge < -0.3 is 10.2 Å². The molecule has 1 aromatic carbocycles. The largest absolute Gasteiger partial charge is 0.343 e. The van der Waals surface area contributed by atoms with E-state index >= 15 is 0 Å². The Morgan fingerprint density at radius 2 is 2.12 bits per heavy atom. The number of rotatable bonds is 3. The Hall–Kier alpha value is -1.84. The number of nitrogens with zero attached hydrogens (tertiary/aromatic N) is 1. The molecular formula is C12H14N2O2. The molecule has 16 heavy (non-hydrogen) atoms. The van der Waals surface area contributed by atoms with E-state index in [4.69, 9.17) is 0 Å². The number of β-lactam (4-membered cyclic amide) rings is 1. The summed E-state index contributed by atoms with van der Waals surface area (Å²) in [5, 5.41) is 2.61. The lowest BCUT2D eigenvalue weighted by Gasteiger charge is -2.38. The van der Waals surface area contributed by atoms with Gasteiger partial charge in [0, 0.05) is 13.5 Å². The normalized spacial score (nSPS) is 19.2. The first-order chi connectivity index (χ1) is 7.66. The molecule has 2 rings (SSSR count). The van der Waals surface area contributed by atoms with E-state index in [2.05, 4.69) is 5.32 Å². The van der Waals surface area contributed by atoms with Gasteiger partial charge in [0.25, 0.3) is 0 Å². The van der Waals surface area contributed by atoms with E-state index in [1.165, 1.54) is 6.92 Å². The molecule has 1 N–H and O–H groups in total. The lowest BCUT2D eigenvalue weighted by Crippen LogP contribution is -2.62. The number of likely N-dealkylation sites (tertiary alicyclic amines) is 1. The van der Waals surface area contributed by atoms with Crippen LogP contribution >= 0.6 is 0 Å². The van der Waals surface area contributed by atoms with Crippen LogP contribution in [0.3, 0.4) is 0 Å². The van der Waals surface area contributed by atoms with Gasteiger partial charge in [-0.3, -0.25) is 9.59 Å². The van der Waals surface area contributed by atoms with Crippen LogP contribution in [0.15, 0.2) is 30.3 Å². The summed E-state index contributed by atoms with van der Waals surface area (Å²) < 4.78 is 0. The van der Waals surface area contributed by atoms with Crippen LogP contribution in [0.2, 0.25) is 0 Å². The highest BCUT2D eigenvalue weighted by Gasteiger charge is 2.36. The average Bonchev–Trinajstić information content (AvgIpc) is 2.28.